The number of amides is 1. The van der Waals surface area contributed by atoms with Crippen LogP contribution < -0.4 is 11.1 Å². The Bertz CT molecular complexity index is 812. The van der Waals surface area contributed by atoms with Crippen molar-refractivity contribution in [2.24, 2.45) is 5.73 Å². The van der Waals surface area contributed by atoms with Crippen molar-refractivity contribution in [3.63, 3.8) is 0 Å². The smallest absolute Gasteiger partial charge is 0.238 e. The van der Waals surface area contributed by atoms with E-state index in [0.717, 1.165) is 19.2 Å². The van der Waals surface area contributed by atoms with Crippen LogP contribution in [-0.2, 0) is 21.1 Å². The van der Waals surface area contributed by atoms with E-state index in [4.69, 9.17) is 5.73 Å². The van der Waals surface area contributed by atoms with Gasteiger partial charge in [0, 0.05) is 31.6 Å². The number of nitrogens with two attached hydrogens (primary N) is 1. The van der Waals surface area contributed by atoms with Gasteiger partial charge in [0.2, 0.25) is 5.91 Å². The third kappa shape index (κ3) is 8.09. The van der Waals surface area contributed by atoms with Crippen molar-refractivity contribution in [3.05, 3.63) is 60.2 Å². The van der Waals surface area contributed by atoms with Crippen molar-refractivity contribution in [3.8, 4) is 0 Å². The molecule has 0 heterocycles. The van der Waals surface area contributed by atoms with E-state index in [9.17, 15) is 13.2 Å². The monoisotopic (exact) mass is 411 g/mol. The van der Waals surface area contributed by atoms with Crippen LogP contribution in [0.3, 0.4) is 0 Å². The highest BCUT2D eigenvalue weighted by atomic mass is 35.5. The van der Waals surface area contributed by atoms with Crippen molar-refractivity contribution < 1.29 is 13.2 Å². The van der Waals surface area contributed by atoms with Gasteiger partial charge in [0.05, 0.1) is 11.4 Å². The number of carbonyl (C=O) groups excluding carboxylic acids is 1. The van der Waals surface area contributed by atoms with Gasteiger partial charge in [-0.3, -0.25) is 9.69 Å². The Balaban J connectivity index is 0.00000364. The van der Waals surface area contributed by atoms with Gasteiger partial charge in [0.25, 0.3) is 0 Å². The molecule has 27 heavy (non-hydrogen) atoms. The third-order valence-corrected chi connectivity index (χ3v) is 5.07. The Hall–Kier alpha value is -1.93. The number of carbonyl (C=O) groups is 1. The number of nitrogens with one attached hydrogen (secondary N) is 1. The van der Waals surface area contributed by atoms with Gasteiger partial charge in [-0.2, -0.15) is 0 Å². The predicted octanol–water partition coefficient (Wildman–Crippen LogP) is 1.95. The summed E-state index contributed by atoms with van der Waals surface area (Å²) in [4.78, 5) is 14.5. The number of anilines is 1. The van der Waals surface area contributed by atoms with Crippen LogP contribution in [0.1, 0.15) is 5.56 Å². The Morgan fingerprint density at radius 2 is 1.67 bits per heavy atom. The second kappa shape index (κ2) is 11.0. The van der Waals surface area contributed by atoms with Crippen molar-refractivity contribution >= 4 is 33.8 Å². The summed E-state index contributed by atoms with van der Waals surface area (Å²) in [5, 5.41) is 2.79. The summed E-state index contributed by atoms with van der Waals surface area (Å²) in [5.74, 6) is -0.154. The molecule has 148 valence electrons. The molecule has 2 aromatic rings. The normalized spacial score (nSPS) is 11.1. The fourth-order valence-electron chi connectivity index (χ4n) is 2.57. The molecule has 3 N–H and O–H groups in total. The number of sulfone groups is 1. The van der Waals surface area contributed by atoms with E-state index < -0.39 is 9.84 Å². The number of hydrogen-bond acceptors (Lipinski definition) is 5. The average molecular weight is 412 g/mol. The van der Waals surface area contributed by atoms with Gasteiger partial charge in [-0.15, -0.1) is 12.4 Å². The van der Waals surface area contributed by atoms with Crippen LogP contribution in [-0.4, -0.2) is 51.7 Å². The Labute approximate surface area is 167 Å². The summed E-state index contributed by atoms with van der Waals surface area (Å²) in [7, 11) is -3.24. The molecule has 0 spiro atoms. The van der Waals surface area contributed by atoms with Crippen molar-refractivity contribution in [1.82, 2.24) is 4.90 Å². The molecule has 1 amide bonds. The van der Waals surface area contributed by atoms with Gasteiger partial charge < -0.3 is 11.1 Å². The number of benzene rings is 2. The van der Waals surface area contributed by atoms with E-state index >= 15 is 0 Å². The molecule has 0 saturated heterocycles. The molecule has 2 rings (SSSR count). The van der Waals surface area contributed by atoms with E-state index in [1.807, 2.05) is 23.1 Å². The minimum Gasteiger partial charge on any atom is -0.329 e. The molecular weight excluding hydrogens is 386 g/mol. The number of rotatable bonds is 9. The van der Waals surface area contributed by atoms with Gasteiger partial charge in [0.1, 0.15) is 0 Å². The molecule has 2 aromatic carbocycles. The summed E-state index contributed by atoms with van der Waals surface area (Å²) in [6.07, 6.45) is 2.00. The highest BCUT2D eigenvalue weighted by Crippen LogP contribution is 2.14. The molecule has 0 aliphatic heterocycles. The maximum atomic E-state index is 12.3. The van der Waals surface area contributed by atoms with Crippen molar-refractivity contribution in [2.75, 3.05) is 37.8 Å². The summed E-state index contributed by atoms with van der Waals surface area (Å²) in [5.41, 5.74) is 7.44. The third-order valence-electron chi connectivity index (χ3n) is 3.94. The molecule has 0 aliphatic rings. The van der Waals surface area contributed by atoms with Gasteiger partial charge in [-0.25, -0.2) is 8.42 Å². The van der Waals surface area contributed by atoms with E-state index in [2.05, 4.69) is 17.4 Å². The number of nitrogens with zero attached hydrogens (tertiary/aromatic N) is 1. The van der Waals surface area contributed by atoms with Crippen LogP contribution in [0.4, 0.5) is 5.69 Å². The number of hydrogen-bond donors (Lipinski definition) is 2. The van der Waals surface area contributed by atoms with Gasteiger partial charge in [0.15, 0.2) is 9.84 Å². The molecular formula is C19H26ClN3O3S. The van der Waals surface area contributed by atoms with E-state index in [1.54, 1.807) is 12.1 Å². The first-order valence-electron chi connectivity index (χ1n) is 8.45. The molecule has 0 aromatic heterocycles. The number of halogens is 1. The second-order valence-corrected chi connectivity index (χ2v) is 8.16. The highest BCUT2D eigenvalue weighted by molar-refractivity contribution is 7.90. The highest BCUT2D eigenvalue weighted by Gasteiger charge is 2.12. The molecule has 0 bridgehead atoms. The minimum absolute atomic E-state index is 0. The minimum atomic E-state index is -3.24. The molecule has 8 heteroatoms. The Morgan fingerprint density at radius 3 is 2.22 bits per heavy atom. The van der Waals surface area contributed by atoms with Crippen LogP contribution in [0.5, 0.6) is 0 Å². The first-order chi connectivity index (χ1) is 12.4. The lowest BCUT2D eigenvalue weighted by Gasteiger charge is -2.21. The van der Waals surface area contributed by atoms with Crippen LogP contribution >= 0.6 is 12.4 Å². The van der Waals surface area contributed by atoms with Crippen LogP contribution in [0.25, 0.3) is 0 Å². The maximum Gasteiger partial charge on any atom is 0.238 e. The van der Waals surface area contributed by atoms with Crippen LogP contribution in [0.2, 0.25) is 0 Å². The lowest BCUT2D eigenvalue weighted by molar-refractivity contribution is -0.117. The zero-order chi connectivity index (χ0) is 19.0. The van der Waals surface area contributed by atoms with E-state index in [-0.39, 0.29) is 29.8 Å². The molecule has 0 saturated carbocycles. The lowest BCUT2D eigenvalue weighted by atomic mass is 10.1. The van der Waals surface area contributed by atoms with E-state index in [1.165, 1.54) is 17.7 Å². The predicted molar refractivity (Wildman–Crippen MR) is 111 cm³/mol. The zero-order valence-corrected chi connectivity index (χ0v) is 16.9. The molecule has 0 radical (unpaired) electrons. The largest absolute Gasteiger partial charge is 0.329 e. The van der Waals surface area contributed by atoms with Crippen molar-refractivity contribution in [1.29, 1.82) is 0 Å². The molecule has 0 fully saturated rings. The quantitative estimate of drug-likeness (QED) is 0.658. The first kappa shape index (κ1) is 23.1. The second-order valence-electron chi connectivity index (χ2n) is 6.15. The zero-order valence-electron chi connectivity index (χ0n) is 15.3. The summed E-state index contributed by atoms with van der Waals surface area (Å²) in [6.45, 7) is 2.08. The Morgan fingerprint density at radius 1 is 1.04 bits per heavy atom. The fourth-order valence-corrected chi connectivity index (χ4v) is 3.20. The Kier molecular flexibility index (Phi) is 9.45. The fraction of sp³-hybridized carbons (Fsp3) is 0.316. The standard InChI is InChI=1S/C19H25N3O3S.ClH/c1-26(24,25)18-9-7-17(8-10-18)21-19(23)15-22(14-12-20)13-11-16-5-3-2-4-6-16;/h2-10H,11-15,20H2,1H3,(H,21,23);1H. The van der Waals surface area contributed by atoms with Crippen molar-refractivity contribution in [2.45, 2.75) is 11.3 Å². The lowest BCUT2D eigenvalue weighted by Crippen LogP contribution is -2.37. The van der Waals surface area contributed by atoms with Crippen LogP contribution in [0.15, 0.2) is 59.5 Å². The molecule has 0 atom stereocenters. The van der Waals surface area contributed by atoms with Crippen LogP contribution in [0, 0.1) is 0 Å². The van der Waals surface area contributed by atoms with Gasteiger partial charge >= 0.3 is 0 Å². The maximum absolute atomic E-state index is 12.3. The molecule has 0 aliphatic carbocycles. The molecule has 0 unspecified atom stereocenters. The first-order valence-corrected chi connectivity index (χ1v) is 10.3. The summed E-state index contributed by atoms with van der Waals surface area (Å²) < 4.78 is 22.9. The molecule has 6 nitrogen and oxygen atoms in total. The van der Waals surface area contributed by atoms with Gasteiger partial charge in [-0.05, 0) is 36.2 Å². The summed E-state index contributed by atoms with van der Waals surface area (Å²) >= 11 is 0. The topological polar surface area (TPSA) is 92.5 Å². The summed E-state index contributed by atoms with van der Waals surface area (Å²) in [6, 6.07) is 16.2. The van der Waals surface area contributed by atoms with E-state index in [0.29, 0.717) is 18.8 Å². The van der Waals surface area contributed by atoms with Gasteiger partial charge in [-0.1, -0.05) is 30.3 Å². The SMILES string of the molecule is CS(=O)(=O)c1ccc(NC(=O)CN(CCN)CCc2ccccc2)cc1.Cl. The average Bonchev–Trinajstić information content (AvgIpc) is 2.60.